The van der Waals surface area contributed by atoms with E-state index in [4.69, 9.17) is 0 Å². The number of benzene rings is 2. The van der Waals surface area contributed by atoms with Crippen LogP contribution in [0.2, 0.25) is 0 Å². The van der Waals surface area contributed by atoms with Gasteiger partial charge in [-0.05, 0) is 57.0 Å². The maximum Gasteiger partial charge on any atom is 0.250 e. The minimum Gasteiger partial charge on any atom is -0.372 e. The van der Waals surface area contributed by atoms with Crippen LogP contribution >= 0.6 is 11.8 Å². The summed E-state index contributed by atoms with van der Waals surface area (Å²) in [6, 6.07) is 16.3. The number of carbonyl (C=O) groups is 1. The van der Waals surface area contributed by atoms with Gasteiger partial charge in [0.15, 0.2) is 0 Å². The van der Waals surface area contributed by atoms with Gasteiger partial charge in [0.2, 0.25) is 5.91 Å². The topological polar surface area (TPSA) is 57.6 Å². The van der Waals surface area contributed by atoms with E-state index in [9.17, 15) is 4.79 Å². The van der Waals surface area contributed by atoms with Gasteiger partial charge in [0.1, 0.15) is 0 Å². The molecule has 0 fully saturated rings. The monoisotopic (exact) mass is 420 g/mol. The fraction of sp³-hybridized carbons (Fsp3) is 0.292. The third-order valence-corrected chi connectivity index (χ3v) is 5.97. The molecule has 6 heteroatoms. The summed E-state index contributed by atoms with van der Waals surface area (Å²) < 4.78 is 0. The van der Waals surface area contributed by atoms with Crippen LogP contribution in [0, 0.1) is 13.8 Å². The lowest BCUT2D eigenvalue weighted by Crippen LogP contribution is -2.21. The van der Waals surface area contributed by atoms with E-state index in [0.29, 0.717) is 5.75 Å². The van der Waals surface area contributed by atoms with Gasteiger partial charge >= 0.3 is 0 Å². The van der Waals surface area contributed by atoms with Gasteiger partial charge in [-0.1, -0.05) is 30.3 Å². The van der Waals surface area contributed by atoms with Crippen molar-refractivity contribution in [2.75, 3.05) is 23.7 Å². The summed E-state index contributed by atoms with van der Waals surface area (Å²) in [5.74, 6) is 0.163. The van der Waals surface area contributed by atoms with Crippen LogP contribution in [0.5, 0.6) is 0 Å². The first-order valence-electron chi connectivity index (χ1n) is 10.2. The summed E-state index contributed by atoms with van der Waals surface area (Å²) in [4.78, 5) is 20.2. The first kappa shape index (κ1) is 21.8. The number of thioether (sulfide) groups is 1. The highest BCUT2D eigenvalue weighted by atomic mass is 32.2. The zero-order chi connectivity index (χ0) is 21.5. The molecule has 1 N–H and O–H groups in total. The van der Waals surface area contributed by atoms with Crippen molar-refractivity contribution in [3.05, 3.63) is 65.4 Å². The molecule has 1 amide bonds. The second-order valence-corrected chi connectivity index (χ2v) is 8.10. The average Bonchev–Trinajstić information content (AvgIpc) is 2.74. The fourth-order valence-corrected chi connectivity index (χ4v) is 4.24. The van der Waals surface area contributed by atoms with Crippen molar-refractivity contribution in [3.63, 3.8) is 0 Å². The summed E-state index contributed by atoms with van der Waals surface area (Å²) >= 11 is 1.51. The molecule has 3 aromatic rings. The minimum absolute atomic E-state index is 0.133. The molecule has 1 aromatic heterocycles. The minimum atomic E-state index is -0.133. The Bertz CT molecular complexity index is 1040. The number of para-hydroxylation sites is 1. The van der Waals surface area contributed by atoms with E-state index in [0.717, 1.165) is 45.7 Å². The lowest BCUT2D eigenvalue weighted by atomic mass is 10.1. The highest BCUT2D eigenvalue weighted by Gasteiger charge is 2.09. The summed E-state index contributed by atoms with van der Waals surface area (Å²) in [6.07, 6.45) is 1.67. The number of fused-ring (bicyclic) bond motifs is 1. The van der Waals surface area contributed by atoms with Crippen LogP contribution in [0.4, 0.5) is 5.69 Å². The number of hydrogen-bond acceptors (Lipinski definition) is 5. The summed E-state index contributed by atoms with van der Waals surface area (Å²) in [6.45, 7) is 10.3. The maximum atomic E-state index is 12.2. The Labute approximate surface area is 182 Å². The van der Waals surface area contributed by atoms with Crippen LogP contribution in [0.3, 0.4) is 0 Å². The molecule has 0 atom stereocenters. The highest BCUT2D eigenvalue weighted by Crippen LogP contribution is 2.29. The molecule has 0 unspecified atom stereocenters. The van der Waals surface area contributed by atoms with Crippen molar-refractivity contribution < 1.29 is 4.79 Å². The molecule has 30 heavy (non-hydrogen) atoms. The Morgan fingerprint density at radius 2 is 1.87 bits per heavy atom. The molecule has 0 bridgehead atoms. The van der Waals surface area contributed by atoms with Crippen LogP contribution in [-0.2, 0) is 4.79 Å². The van der Waals surface area contributed by atoms with Crippen molar-refractivity contribution in [3.8, 4) is 0 Å². The molecular formula is C24H28N4OS. The van der Waals surface area contributed by atoms with Gasteiger partial charge in [-0.3, -0.25) is 9.78 Å². The van der Waals surface area contributed by atoms with E-state index in [1.54, 1.807) is 6.21 Å². The normalized spacial score (nSPS) is 11.2. The SMILES string of the molecule is CCN(CC)c1ccc(C=NNC(=O)CSc2cc(C)nc3c(C)cccc23)cc1. The molecule has 0 saturated heterocycles. The van der Waals surface area contributed by atoms with Crippen molar-refractivity contribution in [1.82, 2.24) is 10.4 Å². The van der Waals surface area contributed by atoms with Crippen molar-refractivity contribution in [2.24, 2.45) is 5.10 Å². The van der Waals surface area contributed by atoms with Crippen LogP contribution in [0.1, 0.15) is 30.7 Å². The number of hydrogen-bond donors (Lipinski definition) is 1. The largest absolute Gasteiger partial charge is 0.372 e. The molecule has 0 radical (unpaired) electrons. The van der Waals surface area contributed by atoms with Crippen LogP contribution in [0.25, 0.3) is 10.9 Å². The van der Waals surface area contributed by atoms with Gasteiger partial charge < -0.3 is 4.90 Å². The van der Waals surface area contributed by atoms with Crippen molar-refractivity contribution in [2.45, 2.75) is 32.6 Å². The number of amides is 1. The number of aromatic nitrogens is 1. The fourth-order valence-electron chi connectivity index (χ4n) is 3.32. The third kappa shape index (κ3) is 5.39. The van der Waals surface area contributed by atoms with Gasteiger partial charge in [-0.25, -0.2) is 5.43 Å². The number of nitrogens with one attached hydrogen (secondary N) is 1. The number of hydrazone groups is 1. The number of pyridine rings is 1. The highest BCUT2D eigenvalue weighted by molar-refractivity contribution is 8.00. The Kier molecular flexibility index (Phi) is 7.46. The van der Waals surface area contributed by atoms with E-state index >= 15 is 0 Å². The Hall–Kier alpha value is -2.86. The second kappa shape index (κ2) is 10.3. The number of anilines is 1. The summed E-state index contributed by atoms with van der Waals surface area (Å²) in [5.41, 5.74) is 7.84. The Morgan fingerprint density at radius 1 is 1.13 bits per heavy atom. The van der Waals surface area contributed by atoms with E-state index in [2.05, 4.69) is 65.4 Å². The number of nitrogens with zero attached hydrogens (tertiary/aromatic N) is 3. The molecule has 3 rings (SSSR count). The molecule has 1 heterocycles. The zero-order valence-electron chi connectivity index (χ0n) is 18.0. The standard InChI is InChI=1S/C24H28N4OS/c1-5-28(6-2)20-12-10-19(11-13-20)15-25-27-23(29)16-30-22-14-18(4)26-24-17(3)8-7-9-21(22)24/h7-15H,5-6,16H2,1-4H3,(H,27,29). The van der Waals surface area contributed by atoms with E-state index in [1.165, 1.54) is 17.4 Å². The molecule has 0 spiro atoms. The van der Waals surface area contributed by atoms with Crippen LogP contribution < -0.4 is 10.3 Å². The molecule has 0 aliphatic heterocycles. The maximum absolute atomic E-state index is 12.2. The van der Waals surface area contributed by atoms with Crippen molar-refractivity contribution >= 4 is 40.5 Å². The number of rotatable bonds is 8. The molecular weight excluding hydrogens is 392 g/mol. The van der Waals surface area contributed by atoms with Gasteiger partial charge in [-0.15, -0.1) is 11.8 Å². The lowest BCUT2D eigenvalue weighted by molar-refractivity contribution is -0.118. The quantitative estimate of drug-likeness (QED) is 0.319. The zero-order valence-corrected chi connectivity index (χ0v) is 18.8. The van der Waals surface area contributed by atoms with Gasteiger partial charge in [0, 0.05) is 34.8 Å². The third-order valence-electron chi connectivity index (χ3n) is 4.91. The van der Waals surface area contributed by atoms with Crippen LogP contribution in [0.15, 0.2) is 58.5 Å². The van der Waals surface area contributed by atoms with E-state index in [1.807, 2.05) is 31.2 Å². The predicted octanol–water partition coefficient (Wildman–Crippen LogP) is 4.94. The van der Waals surface area contributed by atoms with E-state index < -0.39 is 0 Å². The summed E-state index contributed by atoms with van der Waals surface area (Å²) in [5, 5.41) is 5.18. The second-order valence-electron chi connectivity index (χ2n) is 7.08. The molecule has 0 aliphatic carbocycles. The van der Waals surface area contributed by atoms with Crippen molar-refractivity contribution in [1.29, 1.82) is 0 Å². The predicted molar refractivity (Wildman–Crippen MR) is 128 cm³/mol. The smallest absolute Gasteiger partial charge is 0.250 e. The molecule has 2 aromatic carbocycles. The first-order valence-corrected chi connectivity index (χ1v) is 11.2. The van der Waals surface area contributed by atoms with E-state index in [-0.39, 0.29) is 5.91 Å². The summed E-state index contributed by atoms with van der Waals surface area (Å²) in [7, 11) is 0. The van der Waals surface area contributed by atoms with Gasteiger partial charge in [0.25, 0.3) is 0 Å². The Morgan fingerprint density at radius 3 is 2.57 bits per heavy atom. The Balaban J connectivity index is 1.58. The number of aryl methyl sites for hydroxylation is 2. The van der Waals surface area contributed by atoms with Crippen LogP contribution in [-0.4, -0.2) is 35.9 Å². The van der Waals surface area contributed by atoms with Gasteiger partial charge in [-0.2, -0.15) is 5.10 Å². The first-order chi connectivity index (χ1) is 14.5. The molecule has 0 saturated carbocycles. The molecule has 156 valence electrons. The lowest BCUT2D eigenvalue weighted by Gasteiger charge is -2.20. The average molecular weight is 421 g/mol. The number of carbonyl (C=O) groups excluding carboxylic acids is 1. The van der Waals surface area contributed by atoms with Gasteiger partial charge in [0.05, 0.1) is 17.5 Å². The molecule has 5 nitrogen and oxygen atoms in total. The molecule has 0 aliphatic rings.